The van der Waals surface area contributed by atoms with Crippen molar-refractivity contribution in [2.45, 2.75) is 0 Å². The molecule has 10 heteroatoms. The van der Waals surface area contributed by atoms with Crippen LogP contribution in [-0.2, 0) is 0 Å². The summed E-state index contributed by atoms with van der Waals surface area (Å²) in [5.74, 6) is 8.61. The maximum Gasteiger partial charge on any atom is 0.349 e. The SMILES string of the molecule is NNC(=O)c1cc2cc3cc4cc(C(=O)NN)c(=O)oc4cc3cc2oc1=O. The van der Waals surface area contributed by atoms with Crippen molar-refractivity contribution in [3.05, 3.63) is 68.4 Å². The van der Waals surface area contributed by atoms with Crippen molar-refractivity contribution in [3.63, 3.8) is 0 Å². The summed E-state index contributed by atoms with van der Waals surface area (Å²) in [6.45, 7) is 0. The van der Waals surface area contributed by atoms with Crippen LogP contribution >= 0.6 is 0 Å². The molecule has 0 saturated heterocycles. The minimum absolute atomic E-state index is 0.233. The van der Waals surface area contributed by atoms with Crippen LogP contribution in [0, 0.1) is 0 Å². The minimum atomic E-state index is -0.834. The molecule has 0 fully saturated rings. The highest BCUT2D eigenvalue weighted by Crippen LogP contribution is 2.27. The van der Waals surface area contributed by atoms with Crippen molar-refractivity contribution < 1.29 is 18.4 Å². The zero-order valence-electron chi connectivity index (χ0n) is 14.1. The van der Waals surface area contributed by atoms with Gasteiger partial charge in [0.15, 0.2) is 0 Å². The van der Waals surface area contributed by atoms with Crippen LogP contribution in [0.15, 0.2) is 54.8 Å². The van der Waals surface area contributed by atoms with E-state index in [4.69, 9.17) is 20.5 Å². The van der Waals surface area contributed by atoms with Crippen LogP contribution in [0.25, 0.3) is 32.7 Å². The van der Waals surface area contributed by atoms with Crippen LogP contribution in [0.4, 0.5) is 0 Å². The van der Waals surface area contributed by atoms with E-state index in [9.17, 15) is 19.2 Å². The molecule has 2 aromatic heterocycles. The monoisotopic (exact) mass is 380 g/mol. The van der Waals surface area contributed by atoms with Gasteiger partial charge in [-0.2, -0.15) is 0 Å². The molecule has 0 radical (unpaired) electrons. The Labute approximate surface area is 154 Å². The van der Waals surface area contributed by atoms with Gasteiger partial charge in [-0.15, -0.1) is 0 Å². The van der Waals surface area contributed by atoms with Gasteiger partial charge >= 0.3 is 11.3 Å². The minimum Gasteiger partial charge on any atom is -0.422 e. The van der Waals surface area contributed by atoms with Gasteiger partial charge in [-0.1, -0.05) is 0 Å². The fourth-order valence-electron chi connectivity index (χ4n) is 2.96. The molecule has 0 aliphatic rings. The van der Waals surface area contributed by atoms with E-state index < -0.39 is 23.1 Å². The van der Waals surface area contributed by atoms with E-state index in [0.717, 1.165) is 0 Å². The van der Waals surface area contributed by atoms with Gasteiger partial charge in [0.2, 0.25) is 0 Å². The summed E-state index contributed by atoms with van der Waals surface area (Å²) in [6, 6.07) is 9.27. The van der Waals surface area contributed by atoms with Crippen LogP contribution in [0.5, 0.6) is 0 Å². The van der Waals surface area contributed by atoms with Crippen molar-refractivity contribution >= 4 is 44.5 Å². The molecule has 0 aliphatic heterocycles. The highest BCUT2D eigenvalue weighted by molar-refractivity contribution is 6.05. The Morgan fingerprint density at radius 3 is 1.43 bits per heavy atom. The third-order valence-corrected chi connectivity index (χ3v) is 4.29. The number of hydrazine groups is 2. The summed E-state index contributed by atoms with van der Waals surface area (Å²) >= 11 is 0. The second-order valence-corrected chi connectivity index (χ2v) is 5.97. The van der Waals surface area contributed by atoms with Crippen LogP contribution < -0.4 is 33.8 Å². The zero-order valence-corrected chi connectivity index (χ0v) is 14.1. The van der Waals surface area contributed by atoms with Gasteiger partial charge in [-0.3, -0.25) is 20.4 Å². The first kappa shape index (κ1) is 17.4. The van der Waals surface area contributed by atoms with Crippen molar-refractivity contribution in [1.29, 1.82) is 0 Å². The summed E-state index contributed by atoms with van der Waals surface area (Å²) < 4.78 is 10.4. The van der Waals surface area contributed by atoms with Gasteiger partial charge in [-0.05, 0) is 47.2 Å². The summed E-state index contributed by atoms with van der Waals surface area (Å²) in [4.78, 5) is 47.3. The third kappa shape index (κ3) is 2.69. The maximum absolute atomic E-state index is 12.0. The lowest BCUT2D eigenvalue weighted by Gasteiger charge is -2.06. The van der Waals surface area contributed by atoms with Gasteiger partial charge < -0.3 is 8.83 Å². The second kappa shape index (κ2) is 6.30. The molecule has 0 saturated carbocycles. The number of rotatable bonds is 2. The van der Waals surface area contributed by atoms with E-state index in [-0.39, 0.29) is 22.3 Å². The molecule has 2 amide bonds. The molecule has 2 aromatic carbocycles. The predicted octanol–water partition coefficient (Wildman–Crippen LogP) is 0.260. The Morgan fingerprint density at radius 2 is 1.04 bits per heavy atom. The molecular formula is C18H12N4O6. The summed E-state index contributed by atoms with van der Waals surface area (Å²) in [7, 11) is 0. The first-order valence-corrected chi connectivity index (χ1v) is 7.92. The van der Waals surface area contributed by atoms with E-state index >= 15 is 0 Å². The number of amides is 2. The molecule has 0 bridgehead atoms. The highest BCUT2D eigenvalue weighted by Gasteiger charge is 2.15. The zero-order chi connectivity index (χ0) is 20.0. The lowest BCUT2D eigenvalue weighted by atomic mass is 10.0. The van der Waals surface area contributed by atoms with Crippen LogP contribution in [0.1, 0.15) is 20.7 Å². The van der Waals surface area contributed by atoms with E-state index in [1.54, 1.807) is 24.3 Å². The van der Waals surface area contributed by atoms with Gasteiger partial charge in [0.05, 0.1) is 0 Å². The number of carbonyl (C=O) groups excluding carboxylic acids is 2. The molecule has 0 unspecified atom stereocenters. The Morgan fingerprint density at radius 1 is 0.643 bits per heavy atom. The van der Waals surface area contributed by atoms with E-state index in [2.05, 4.69) is 0 Å². The first-order valence-electron chi connectivity index (χ1n) is 7.92. The molecule has 0 spiro atoms. The highest BCUT2D eigenvalue weighted by atomic mass is 16.4. The van der Waals surface area contributed by atoms with Gasteiger partial charge in [-0.25, -0.2) is 21.3 Å². The number of fused-ring (bicyclic) bond motifs is 3. The predicted molar refractivity (Wildman–Crippen MR) is 99.3 cm³/mol. The number of benzene rings is 2. The molecular weight excluding hydrogens is 368 g/mol. The molecule has 4 rings (SSSR count). The first-order chi connectivity index (χ1) is 13.4. The average Bonchev–Trinajstić information content (AvgIpc) is 2.69. The molecule has 2 heterocycles. The van der Waals surface area contributed by atoms with E-state index in [0.29, 0.717) is 21.5 Å². The third-order valence-electron chi connectivity index (χ3n) is 4.29. The summed E-state index contributed by atoms with van der Waals surface area (Å²) in [6.07, 6.45) is 0. The molecule has 140 valence electrons. The molecule has 0 atom stereocenters. The van der Waals surface area contributed by atoms with Crippen LogP contribution in [0.3, 0.4) is 0 Å². The number of nitrogen functional groups attached to an aromatic ring is 2. The fourth-order valence-corrected chi connectivity index (χ4v) is 2.96. The molecule has 28 heavy (non-hydrogen) atoms. The largest absolute Gasteiger partial charge is 0.422 e. The fraction of sp³-hybridized carbons (Fsp3) is 0. The van der Waals surface area contributed by atoms with E-state index in [1.807, 2.05) is 10.9 Å². The molecule has 10 nitrogen and oxygen atoms in total. The molecule has 0 aliphatic carbocycles. The summed E-state index contributed by atoms with van der Waals surface area (Å²) in [5.41, 5.74) is 2.12. The Hall–Kier alpha value is -4.02. The number of hydrogen-bond acceptors (Lipinski definition) is 8. The summed E-state index contributed by atoms with van der Waals surface area (Å²) in [5, 5.41) is 2.30. The standard InChI is InChI=1S/C18H12N4O6/c19-21-15(23)11-3-9-1-7-2-10-4-12(16(24)22-20)18(26)28-14(10)6-8(7)5-13(9)27-17(11)25/h1-6H,19-20H2,(H,21,23)(H,22,24). The number of hydrogen-bond donors (Lipinski definition) is 4. The van der Waals surface area contributed by atoms with Crippen molar-refractivity contribution in [2.24, 2.45) is 11.7 Å². The lowest BCUT2D eigenvalue weighted by molar-refractivity contribution is 0.0942. The topological polar surface area (TPSA) is 171 Å². The average molecular weight is 380 g/mol. The van der Waals surface area contributed by atoms with Crippen LogP contribution in [0.2, 0.25) is 0 Å². The Balaban J connectivity index is 2.01. The normalized spacial score (nSPS) is 11.1. The van der Waals surface area contributed by atoms with Crippen molar-refractivity contribution in [1.82, 2.24) is 10.9 Å². The van der Waals surface area contributed by atoms with Gasteiger partial charge in [0.1, 0.15) is 22.3 Å². The second-order valence-electron chi connectivity index (χ2n) is 5.97. The molecule has 6 N–H and O–H groups in total. The number of nitrogens with one attached hydrogen (secondary N) is 2. The number of carbonyl (C=O) groups is 2. The van der Waals surface area contributed by atoms with Crippen molar-refractivity contribution in [3.8, 4) is 0 Å². The smallest absolute Gasteiger partial charge is 0.349 e. The van der Waals surface area contributed by atoms with E-state index in [1.165, 1.54) is 12.1 Å². The maximum atomic E-state index is 12.0. The lowest BCUT2D eigenvalue weighted by Crippen LogP contribution is -2.33. The van der Waals surface area contributed by atoms with Crippen molar-refractivity contribution in [2.75, 3.05) is 0 Å². The quantitative estimate of drug-likeness (QED) is 0.126. The Kier molecular flexibility index (Phi) is 3.91. The van der Waals surface area contributed by atoms with Gasteiger partial charge in [0.25, 0.3) is 11.8 Å². The van der Waals surface area contributed by atoms with Gasteiger partial charge in [0, 0.05) is 10.8 Å². The van der Waals surface area contributed by atoms with Crippen LogP contribution in [-0.4, -0.2) is 11.8 Å². The Bertz CT molecular complexity index is 1310. The number of nitrogens with two attached hydrogens (primary N) is 2. The molecule has 4 aromatic rings.